The van der Waals surface area contributed by atoms with Crippen molar-refractivity contribution in [3.05, 3.63) is 69.7 Å². The summed E-state index contributed by atoms with van der Waals surface area (Å²) in [4.78, 5) is 0. The van der Waals surface area contributed by atoms with E-state index in [-0.39, 0.29) is 6.10 Å². The van der Waals surface area contributed by atoms with Gasteiger partial charge in [-0.3, -0.25) is 0 Å². The molecule has 0 aliphatic rings. The van der Waals surface area contributed by atoms with Crippen molar-refractivity contribution in [1.82, 2.24) is 0 Å². The summed E-state index contributed by atoms with van der Waals surface area (Å²) >= 11 is 14.4. The Morgan fingerprint density at radius 3 is 2.32 bits per heavy atom. The largest absolute Gasteiger partial charge is 0.368 e. The molecule has 1 nitrogen and oxygen atoms in total. The summed E-state index contributed by atoms with van der Waals surface area (Å²) in [6.45, 7) is 0.552. The van der Waals surface area contributed by atoms with Crippen molar-refractivity contribution in [1.29, 1.82) is 0 Å². The van der Waals surface area contributed by atoms with Gasteiger partial charge in [-0.2, -0.15) is 0 Å². The van der Waals surface area contributed by atoms with Gasteiger partial charge in [0.1, 0.15) is 0 Å². The summed E-state index contributed by atoms with van der Waals surface area (Å²) < 4.78 is 6.81. The zero-order valence-corrected chi connectivity index (χ0v) is 13.8. The highest BCUT2D eigenvalue weighted by Crippen LogP contribution is 2.28. The first-order valence-corrected chi connectivity index (χ1v) is 8.15. The van der Waals surface area contributed by atoms with Crippen LogP contribution in [0.5, 0.6) is 0 Å². The summed E-state index contributed by atoms with van der Waals surface area (Å²) in [5.41, 5.74) is 2.14. The van der Waals surface area contributed by atoms with Gasteiger partial charge < -0.3 is 4.74 Å². The number of rotatable bonds is 5. The van der Waals surface area contributed by atoms with E-state index in [4.69, 9.17) is 27.9 Å². The molecule has 0 spiro atoms. The molecule has 0 aliphatic heterocycles. The Hall–Kier alpha value is -0.290. The van der Waals surface area contributed by atoms with Gasteiger partial charge in [-0.15, -0.1) is 0 Å². The number of benzene rings is 2. The van der Waals surface area contributed by atoms with Gasteiger partial charge in [0.05, 0.1) is 12.7 Å². The molecule has 0 bridgehead atoms. The summed E-state index contributed by atoms with van der Waals surface area (Å²) in [5.74, 6) is 0. The summed E-state index contributed by atoms with van der Waals surface area (Å²) in [6.07, 6.45) is 0.00461. The van der Waals surface area contributed by atoms with Crippen LogP contribution in [0.2, 0.25) is 10.0 Å². The molecule has 1 unspecified atom stereocenters. The van der Waals surface area contributed by atoms with E-state index in [1.54, 1.807) is 0 Å². The fourth-order valence-corrected chi connectivity index (χ4v) is 2.84. The van der Waals surface area contributed by atoms with Gasteiger partial charge in [0.25, 0.3) is 0 Å². The fraction of sp³-hybridized carbons (Fsp3) is 0.200. The molecular formula is C15H13Cl2IO. The van der Waals surface area contributed by atoms with Crippen LogP contribution in [0.1, 0.15) is 17.2 Å². The predicted molar refractivity (Wildman–Crippen MR) is 89.3 cm³/mol. The van der Waals surface area contributed by atoms with Crippen molar-refractivity contribution in [2.45, 2.75) is 12.7 Å². The Kier molecular flexibility index (Phi) is 5.95. The van der Waals surface area contributed by atoms with Crippen LogP contribution in [0.3, 0.4) is 0 Å². The Bertz CT molecular complexity index is 528. The Morgan fingerprint density at radius 2 is 1.68 bits per heavy atom. The average molecular weight is 407 g/mol. The Labute approximate surface area is 137 Å². The first-order valence-electron chi connectivity index (χ1n) is 5.87. The third-order valence-corrected chi connectivity index (χ3v) is 4.15. The van der Waals surface area contributed by atoms with E-state index >= 15 is 0 Å². The normalized spacial score (nSPS) is 12.4. The smallest absolute Gasteiger partial charge is 0.0933 e. The lowest BCUT2D eigenvalue weighted by Gasteiger charge is -2.17. The second-order valence-corrected chi connectivity index (χ2v) is 5.83. The van der Waals surface area contributed by atoms with Crippen LogP contribution < -0.4 is 0 Å². The average Bonchev–Trinajstić information content (AvgIpc) is 2.43. The number of halogens is 3. The van der Waals surface area contributed by atoms with Gasteiger partial charge in [-0.25, -0.2) is 0 Å². The monoisotopic (exact) mass is 406 g/mol. The molecule has 0 amide bonds. The minimum Gasteiger partial charge on any atom is -0.368 e. The van der Waals surface area contributed by atoms with Crippen LogP contribution in [-0.4, -0.2) is 4.43 Å². The number of hydrogen-bond acceptors (Lipinski definition) is 1. The van der Waals surface area contributed by atoms with E-state index in [0.717, 1.165) is 25.6 Å². The molecule has 19 heavy (non-hydrogen) atoms. The zero-order valence-electron chi connectivity index (χ0n) is 10.2. The third kappa shape index (κ3) is 4.35. The van der Waals surface area contributed by atoms with E-state index in [1.807, 2.05) is 48.5 Å². The Morgan fingerprint density at radius 1 is 1.00 bits per heavy atom. The lowest BCUT2D eigenvalue weighted by Crippen LogP contribution is -2.06. The standard InChI is InChI=1S/C15H13Cl2IO/c16-12-7-5-11(6-8-12)10-19-15(9-18)13-3-1-2-4-14(13)17/h1-8,15H,9-10H2. The maximum absolute atomic E-state index is 6.20. The van der Waals surface area contributed by atoms with Crippen LogP contribution in [-0.2, 0) is 11.3 Å². The zero-order chi connectivity index (χ0) is 13.7. The molecule has 0 fully saturated rings. The quantitative estimate of drug-likeness (QED) is 0.458. The first kappa shape index (κ1) is 15.1. The molecule has 0 heterocycles. The number of ether oxygens (including phenoxy) is 1. The van der Waals surface area contributed by atoms with Gasteiger partial charge in [-0.05, 0) is 23.8 Å². The number of hydrogen-bond donors (Lipinski definition) is 0. The van der Waals surface area contributed by atoms with E-state index in [2.05, 4.69) is 22.6 Å². The number of alkyl halides is 1. The minimum absolute atomic E-state index is 0.00461. The van der Waals surface area contributed by atoms with E-state index < -0.39 is 0 Å². The second-order valence-electron chi connectivity index (χ2n) is 4.10. The highest BCUT2D eigenvalue weighted by atomic mass is 127. The minimum atomic E-state index is 0.00461. The molecule has 2 rings (SSSR count). The molecule has 100 valence electrons. The van der Waals surface area contributed by atoms with Gasteiger partial charge in [0.2, 0.25) is 0 Å². The lowest BCUT2D eigenvalue weighted by atomic mass is 10.1. The Balaban J connectivity index is 2.04. The molecule has 0 aromatic heterocycles. The van der Waals surface area contributed by atoms with Crippen molar-refractivity contribution in [3.63, 3.8) is 0 Å². The van der Waals surface area contributed by atoms with Gasteiger partial charge in [-0.1, -0.05) is 76.1 Å². The van der Waals surface area contributed by atoms with Crippen molar-refractivity contribution in [3.8, 4) is 0 Å². The van der Waals surface area contributed by atoms with Crippen molar-refractivity contribution in [2.75, 3.05) is 4.43 Å². The molecule has 0 N–H and O–H groups in total. The van der Waals surface area contributed by atoms with Crippen LogP contribution in [0, 0.1) is 0 Å². The molecule has 0 radical (unpaired) electrons. The van der Waals surface area contributed by atoms with Crippen LogP contribution in [0.4, 0.5) is 0 Å². The van der Waals surface area contributed by atoms with Crippen molar-refractivity contribution >= 4 is 45.8 Å². The van der Waals surface area contributed by atoms with Crippen LogP contribution in [0.15, 0.2) is 48.5 Å². The summed E-state index contributed by atoms with van der Waals surface area (Å²) in [6, 6.07) is 15.5. The van der Waals surface area contributed by atoms with Gasteiger partial charge in [0.15, 0.2) is 0 Å². The van der Waals surface area contributed by atoms with E-state index in [0.29, 0.717) is 6.61 Å². The third-order valence-electron chi connectivity index (χ3n) is 2.76. The molecule has 0 saturated carbocycles. The molecular weight excluding hydrogens is 394 g/mol. The van der Waals surface area contributed by atoms with Crippen molar-refractivity contribution in [2.24, 2.45) is 0 Å². The maximum atomic E-state index is 6.20. The topological polar surface area (TPSA) is 9.23 Å². The van der Waals surface area contributed by atoms with Crippen LogP contribution in [0.25, 0.3) is 0 Å². The lowest BCUT2D eigenvalue weighted by molar-refractivity contribution is 0.0578. The first-order chi connectivity index (χ1) is 9.20. The highest BCUT2D eigenvalue weighted by molar-refractivity contribution is 14.1. The van der Waals surface area contributed by atoms with Gasteiger partial charge >= 0.3 is 0 Å². The molecule has 1 atom stereocenters. The van der Waals surface area contributed by atoms with E-state index in [9.17, 15) is 0 Å². The molecule has 2 aromatic carbocycles. The highest BCUT2D eigenvalue weighted by Gasteiger charge is 2.13. The molecule has 4 heteroatoms. The van der Waals surface area contributed by atoms with Crippen LogP contribution >= 0.6 is 45.8 Å². The molecule has 0 saturated heterocycles. The summed E-state index contributed by atoms with van der Waals surface area (Å²) in [7, 11) is 0. The molecule has 2 aromatic rings. The fourth-order valence-electron chi connectivity index (χ4n) is 1.73. The predicted octanol–water partition coefficient (Wildman–Crippen LogP) is 5.69. The van der Waals surface area contributed by atoms with Gasteiger partial charge in [0, 0.05) is 20.0 Å². The SMILES string of the molecule is Clc1ccc(COC(CI)c2ccccc2Cl)cc1. The summed E-state index contributed by atoms with van der Waals surface area (Å²) in [5, 5.41) is 1.49. The van der Waals surface area contributed by atoms with E-state index in [1.165, 1.54) is 0 Å². The van der Waals surface area contributed by atoms with Crippen molar-refractivity contribution < 1.29 is 4.74 Å². The molecule has 0 aliphatic carbocycles. The maximum Gasteiger partial charge on any atom is 0.0933 e. The second kappa shape index (κ2) is 7.48.